The van der Waals surface area contributed by atoms with Crippen molar-refractivity contribution in [2.75, 3.05) is 26.2 Å². The smallest absolute Gasteiger partial charge is 0.203 e. The van der Waals surface area contributed by atoms with Crippen LogP contribution in [0.25, 0.3) is 6.08 Å². The van der Waals surface area contributed by atoms with E-state index in [9.17, 15) is 18.8 Å². The number of methoxy groups -OCH3 is 3. The molecular weight excluding hydrogens is 537 g/mol. The molecule has 3 aromatic carbocycles. The molecule has 216 valence electrons. The van der Waals surface area contributed by atoms with Crippen molar-refractivity contribution in [1.82, 2.24) is 0 Å². The van der Waals surface area contributed by atoms with Crippen LogP contribution >= 0.6 is 0 Å². The average Bonchev–Trinajstić information content (AvgIpc) is 3.40. The molecule has 42 heavy (non-hydrogen) atoms. The molecule has 1 fully saturated rings. The van der Waals surface area contributed by atoms with Crippen molar-refractivity contribution in [2.45, 2.75) is 38.8 Å². The molecule has 0 amide bonds. The first-order valence-corrected chi connectivity index (χ1v) is 13.8. The van der Waals surface area contributed by atoms with Gasteiger partial charge in [-0.05, 0) is 24.3 Å². The Bertz CT molecular complexity index is 1650. The number of nitrogens with zero attached hydrogens (tertiary/aromatic N) is 1. The van der Waals surface area contributed by atoms with Crippen molar-refractivity contribution in [3.63, 3.8) is 0 Å². The van der Waals surface area contributed by atoms with Gasteiger partial charge in [0.15, 0.2) is 28.8 Å². The zero-order valence-corrected chi connectivity index (χ0v) is 24.4. The molecule has 1 aliphatic carbocycles. The first kappa shape index (κ1) is 27.7. The summed E-state index contributed by atoms with van der Waals surface area (Å²) in [4.78, 5) is 46.0. The summed E-state index contributed by atoms with van der Waals surface area (Å²) < 4.78 is 31.5. The molecule has 1 saturated heterocycles. The van der Waals surface area contributed by atoms with Crippen LogP contribution in [0.2, 0.25) is 0 Å². The molecule has 0 bridgehead atoms. The van der Waals surface area contributed by atoms with Crippen LogP contribution in [0.15, 0.2) is 60.7 Å². The Morgan fingerprint density at radius 1 is 0.881 bits per heavy atom. The van der Waals surface area contributed by atoms with Gasteiger partial charge in [0.05, 0.1) is 33.4 Å². The molecule has 0 radical (unpaired) electrons. The highest BCUT2D eigenvalue weighted by Crippen LogP contribution is 2.63. The predicted octanol–water partition coefficient (Wildman–Crippen LogP) is 5.90. The van der Waals surface area contributed by atoms with E-state index in [1.165, 1.54) is 33.5 Å². The molecule has 0 N–H and O–H groups in total. The van der Waals surface area contributed by atoms with Gasteiger partial charge in [-0.25, -0.2) is 4.39 Å². The molecule has 1 unspecified atom stereocenters. The van der Waals surface area contributed by atoms with Crippen molar-refractivity contribution in [3.8, 4) is 17.2 Å². The van der Waals surface area contributed by atoms with Gasteiger partial charge < -0.3 is 19.1 Å². The molecule has 1 spiro atoms. The number of Topliss-reactive ketones (excluding diaryl/α,β-unsaturated/α-hetero) is 3. The summed E-state index contributed by atoms with van der Waals surface area (Å²) >= 11 is 0. The fraction of sp³-hybridized carbons (Fsp3) is 0.324. The van der Waals surface area contributed by atoms with E-state index in [1.807, 2.05) is 25.7 Å². The second-order valence-corrected chi connectivity index (χ2v) is 11.9. The predicted molar refractivity (Wildman–Crippen MR) is 156 cm³/mol. The van der Waals surface area contributed by atoms with E-state index in [0.29, 0.717) is 33.7 Å². The first-order chi connectivity index (χ1) is 20.0. The largest absolute Gasteiger partial charge is 0.493 e. The highest BCUT2D eigenvalue weighted by atomic mass is 19.1. The third kappa shape index (κ3) is 3.53. The number of ether oxygens (including phenoxy) is 3. The number of benzene rings is 3. The lowest BCUT2D eigenvalue weighted by Gasteiger charge is -2.38. The fourth-order valence-corrected chi connectivity index (χ4v) is 7.10. The third-order valence-electron chi connectivity index (χ3n) is 8.84. The Hall–Kier alpha value is -4.46. The molecule has 2 heterocycles. The SMILES string of the molecule is COc1ccc([C@@H]2[C@@H](C(=O)C(C)(C)C)N3c4ccc(F)cc4C=CC3C23C(=O)c2ccccc2C3=O)c(OC)c1OC. The number of ketones is 3. The van der Waals surface area contributed by atoms with Crippen LogP contribution in [-0.4, -0.2) is 50.8 Å². The summed E-state index contributed by atoms with van der Waals surface area (Å²) in [6.45, 7) is 5.45. The average molecular weight is 570 g/mol. The lowest BCUT2D eigenvalue weighted by atomic mass is 9.63. The molecule has 8 heteroatoms. The molecule has 0 saturated carbocycles. The number of carbonyl (C=O) groups excluding carboxylic acids is 3. The molecular formula is C34H32FNO6. The third-order valence-corrected chi connectivity index (χ3v) is 8.84. The lowest BCUT2D eigenvalue weighted by Crippen LogP contribution is -2.49. The zero-order valence-electron chi connectivity index (χ0n) is 24.4. The Labute approximate surface area is 243 Å². The zero-order chi connectivity index (χ0) is 30.1. The second-order valence-electron chi connectivity index (χ2n) is 11.9. The van der Waals surface area contributed by atoms with Gasteiger partial charge in [-0.15, -0.1) is 0 Å². The lowest BCUT2D eigenvalue weighted by molar-refractivity contribution is -0.127. The van der Waals surface area contributed by atoms with Crippen molar-refractivity contribution in [3.05, 3.63) is 88.7 Å². The Morgan fingerprint density at radius 2 is 1.52 bits per heavy atom. The van der Waals surface area contributed by atoms with Crippen LogP contribution < -0.4 is 19.1 Å². The summed E-state index contributed by atoms with van der Waals surface area (Å²) in [5.74, 6) is -1.36. The van der Waals surface area contributed by atoms with E-state index in [1.54, 1.807) is 54.6 Å². The number of hydrogen-bond donors (Lipinski definition) is 0. The van der Waals surface area contributed by atoms with Crippen LogP contribution in [-0.2, 0) is 4.79 Å². The van der Waals surface area contributed by atoms with E-state index < -0.39 is 34.6 Å². The molecule has 6 rings (SSSR count). The number of anilines is 1. The van der Waals surface area contributed by atoms with Gasteiger partial charge in [-0.3, -0.25) is 14.4 Å². The molecule has 7 nitrogen and oxygen atoms in total. The van der Waals surface area contributed by atoms with Gasteiger partial charge >= 0.3 is 0 Å². The van der Waals surface area contributed by atoms with Crippen molar-refractivity contribution < 1.29 is 33.0 Å². The summed E-state index contributed by atoms with van der Waals surface area (Å²) in [5, 5.41) is 0. The quantitative estimate of drug-likeness (QED) is 0.354. The highest BCUT2D eigenvalue weighted by molar-refractivity contribution is 6.32. The van der Waals surface area contributed by atoms with Crippen molar-refractivity contribution in [1.29, 1.82) is 0 Å². The summed E-state index contributed by atoms with van der Waals surface area (Å²) in [7, 11) is 4.45. The Morgan fingerprint density at radius 3 is 2.10 bits per heavy atom. The highest BCUT2D eigenvalue weighted by Gasteiger charge is 2.72. The maximum Gasteiger partial charge on any atom is 0.203 e. The number of hydrogen-bond acceptors (Lipinski definition) is 7. The van der Waals surface area contributed by atoms with Crippen molar-refractivity contribution in [2.24, 2.45) is 10.8 Å². The van der Waals surface area contributed by atoms with E-state index in [2.05, 4.69) is 0 Å². The van der Waals surface area contributed by atoms with Crippen LogP contribution in [0.3, 0.4) is 0 Å². The minimum absolute atomic E-state index is 0.173. The standard InChI is InChI=1S/C34H32FNO6/c1-33(2,3)32(39)27-26(22-13-15-24(40-4)29(42-6)28(22)41-5)34(30(37)20-9-7-8-10-21(20)31(34)38)25-16-11-18-17-19(35)12-14-23(18)36(25)27/h7-17,25-27H,1-6H3/t25?,26-,27+/m1/s1. The van der Waals surface area contributed by atoms with E-state index >= 15 is 0 Å². The normalized spacial score (nSPS) is 21.7. The van der Waals surface area contributed by atoms with Crippen LogP contribution in [0.4, 0.5) is 10.1 Å². The molecule has 3 aliphatic rings. The number of fused-ring (bicyclic) bond motifs is 5. The number of carbonyl (C=O) groups is 3. The van der Waals surface area contributed by atoms with Crippen LogP contribution in [0.1, 0.15) is 58.5 Å². The van der Waals surface area contributed by atoms with Gasteiger partial charge in [0.2, 0.25) is 5.75 Å². The van der Waals surface area contributed by atoms with Crippen LogP contribution in [0.5, 0.6) is 17.2 Å². The number of halogens is 1. The van der Waals surface area contributed by atoms with Gasteiger partial charge in [-0.1, -0.05) is 63.3 Å². The van der Waals surface area contributed by atoms with Gasteiger partial charge in [-0.2, -0.15) is 0 Å². The molecule has 2 aliphatic heterocycles. The van der Waals surface area contributed by atoms with Crippen molar-refractivity contribution >= 4 is 29.1 Å². The summed E-state index contributed by atoms with van der Waals surface area (Å²) in [5.41, 5.74) is -0.346. The fourth-order valence-electron chi connectivity index (χ4n) is 7.10. The minimum Gasteiger partial charge on any atom is -0.493 e. The molecule has 3 atom stereocenters. The molecule has 0 aromatic heterocycles. The van der Waals surface area contributed by atoms with Crippen LogP contribution in [0, 0.1) is 16.6 Å². The van der Waals surface area contributed by atoms with E-state index in [0.717, 1.165) is 0 Å². The maximum absolute atomic E-state index is 14.8. The number of rotatable bonds is 5. The summed E-state index contributed by atoms with van der Waals surface area (Å²) in [6.07, 6.45) is 3.50. The minimum atomic E-state index is -1.72. The summed E-state index contributed by atoms with van der Waals surface area (Å²) in [6, 6.07) is 12.7. The topological polar surface area (TPSA) is 82.1 Å². The van der Waals surface area contributed by atoms with Gasteiger partial charge in [0, 0.05) is 39.3 Å². The van der Waals surface area contributed by atoms with Gasteiger partial charge in [0.1, 0.15) is 11.2 Å². The van der Waals surface area contributed by atoms with E-state index in [-0.39, 0.29) is 28.8 Å². The molecule has 3 aromatic rings. The Kier molecular flexibility index (Phi) is 6.29. The van der Waals surface area contributed by atoms with E-state index in [4.69, 9.17) is 14.2 Å². The second kappa shape index (κ2) is 9.54. The maximum atomic E-state index is 14.8. The monoisotopic (exact) mass is 569 g/mol. The first-order valence-electron chi connectivity index (χ1n) is 13.8. The Balaban J connectivity index is 1.75. The van der Waals surface area contributed by atoms with Gasteiger partial charge in [0.25, 0.3) is 0 Å².